The summed E-state index contributed by atoms with van der Waals surface area (Å²) in [5.41, 5.74) is 6.73. The molecule has 2 aromatic rings. The van der Waals surface area contributed by atoms with Crippen molar-refractivity contribution in [3.05, 3.63) is 29.5 Å². The van der Waals surface area contributed by atoms with Crippen LogP contribution in [0.3, 0.4) is 0 Å². The molecule has 2 rings (SSSR count). The van der Waals surface area contributed by atoms with Crippen molar-refractivity contribution in [2.45, 2.75) is 4.34 Å². The Hall–Kier alpha value is -1.31. The molecular weight excluding hydrogens is 292 g/mol. The standard InChI is InChI=1S/C10H9ClN4OS2/c11-6-1-2-8(7(12)3-6)15-9(16)4-17-10-13-5-14-18-10/h1-3,5H,4,12H2,(H,15,16). The number of hydrogen-bond acceptors (Lipinski definition) is 6. The normalized spacial score (nSPS) is 10.3. The highest BCUT2D eigenvalue weighted by molar-refractivity contribution is 8.01. The van der Waals surface area contributed by atoms with Gasteiger partial charge in [0.1, 0.15) is 6.33 Å². The molecule has 0 atom stereocenters. The number of nitrogen functional groups attached to an aromatic ring is 1. The zero-order valence-electron chi connectivity index (χ0n) is 9.09. The average Bonchev–Trinajstić information content (AvgIpc) is 2.83. The molecule has 1 aromatic heterocycles. The van der Waals surface area contributed by atoms with Gasteiger partial charge in [-0.05, 0) is 29.7 Å². The fraction of sp³-hybridized carbons (Fsp3) is 0.100. The number of aromatic nitrogens is 2. The van der Waals surface area contributed by atoms with Gasteiger partial charge in [-0.25, -0.2) is 4.98 Å². The van der Waals surface area contributed by atoms with Crippen LogP contribution in [0.5, 0.6) is 0 Å². The quantitative estimate of drug-likeness (QED) is 0.670. The highest BCUT2D eigenvalue weighted by atomic mass is 35.5. The highest BCUT2D eigenvalue weighted by Gasteiger charge is 2.07. The SMILES string of the molecule is Nc1cc(Cl)ccc1NC(=O)CSc1ncns1. The molecule has 0 saturated carbocycles. The van der Waals surface area contributed by atoms with E-state index in [0.29, 0.717) is 16.4 Å². The molecule has 0 saturated heterocycles. The number of anilines is 2. The first-order valence-corrected chi connectivity index (χ1v) is 7.03. The molecule has 94 valence electrons. The molecule has 0 radical (unpaired) electrons. The van der Waals surface area contributed by atoms with E-state index in [1.54, 1.807) is 18.2 Å². The first-order valence-electron chi connectivity index (χ1n) is 4.89. The molecule has 18 heavy (non-hydrogen) atoms. The Morgan fingerprint density at radius 2 is 2.39 bits per heavy atom. The number of carbonyl (C=O) groups is 1. The number of nitrogens with two attached hydrogens (primary N) is 1. The van der Waals surface area contributed by atoms with E-state index in [4.69, 9.17) is 17.3 Å². The second-order valence-electron chi connectivity index (χ2n) is 3.28. The zero-order chi connectivity index (χ0) is 13.0. The van der Waals surface area contributed by atoms with E-state index in [-0.39, 0.29) is 11.7 Å². The number of halogens is 1. The molecule has 0 spiro atoms. The Balaban J connectivity index is 1.91. The minimum atomic E-state index is -0.149. The molecule has 0 bridgehead atoms. The van der Waals surface area contributed by atoms with Gasteiger partial charge in [-0.3, -0.25) is 4.79 Å². The van der Waals surface area contributed by atoms with Crippen LogP contribution in [0.15, 0.2) is 28.9 Å². The number of rotatable bonds is 4. The molecule has 8 heteroatoms. The predicted octanol–water partition coefficient (Wildman–Crippen LogP) is 2.50. The summed E-state index contributed by atoms with van der Waals surface area (Å²) < 4.78 is 4.61. The van der Waals surface area contributed by atoms with Gasteiger partial charge >= 0.3 is 0 Å². The number of hydrogen-bond donors (Lipinski definition) is 2. The van der Waals surface area contributed by atoms with Gasteiger partial charge in [-0.2, -0.15) is 4.37 Å². The van der Waals surface area contributed by atoms with Gasteiger partial charge in [0, 0.05) is 5.02 Å². The minimum Gasteiger partial charge on any atom is -0.397 e. The topological polar surface area (TPSA) is 80.9 Å². The van der Waals surface area contributed by atoms with E-state index in [2.05, 4.69) is 14.7 Å². The first kappa shape index (κ1) is 13.1. The summed E-state index contributed by atoms with van der Waals surface area (Å²) in [5, 5.41) is 3.25. The molecular formula is C10H9ClN4OS2. The molecule has 0 aliphatic heterocycles. The maximum atomic E-state index is 11.7. The Bertz CT molecular complexity index is 547. The Morgan fingerprint density at radius 1 is 1.56 bits per heavy atom. The molecule has 5 nitrogen and oxygen atoms in total. The second-order valence-corrected chi connectivity index (χ2v) is 5.71. The van der Waals surface area contributed by atoms with Crippen molar-refractivity contribution in [1.82, 2.24) is 9.36 Å². The summed E-state index contributed by atoms with van der Waals surface area (Å²) in [4.78, 5) is 15.7. The van der Waals surface area contributed by atoms with Crippen molar-refractivity contribution in [3.8, 4) is 0 Å². The molecule has 0 unspecified atom stereocenters. The number of nitrogens with one attached hydrogen (secondary N) is 1. The monoisotopic (exact) mass is 300 g/mol. The van der Waals surface area contributed by atoms with E-state index in [0.717, 1.165) is 4.34 Å². The van der Waals surface area contributed by atoms with E-state index in [1.807, 2.05) is 0 Å². The van der Waals surface area contributed by atoms with Crippen LogP contribution in [0.1, 0.15) is 0 Å². The molecule has 0 aliphatic carbocycles. The van der Waals surface area contributed by atoms with Crippen LogP contribution < -0.4 is 11.1 Å². The fourth-order valence-corrected chi connectivity index (χ4v) is 2.61. The number of thioether (sulfide) groups is 1. The number of nitrogens with zero attached hydrogens (tertiary/aromatic N) is 2. The molecule has 1 amide bonds. The van der Waals surface area contributed by atoms with Gasteiger partial charge in [0.05, 0.1) is 17.1 Å². The molecule has 3 N–H and O–H groups in total. The van der Waals surface area contributed by atoms with Crippen molar-refractivity contribution in [2.24, 2.45) is 0 Å². The molecule has 1 heterocycles. The van der Waals surface area contributed by atoms with E-state index in [1.165, 1.54) is 29.6 Å². The summed E-state index contributed by atoms with van der Waals surface area (Å²) in [6.45, 7) is 0. The first-order chi connectivity index (χ1) is 8.65. The summed E-state index contributed by atoms with van der Waals surface area (Å²) >= 11 is 8.36. The smallest absolute Gasteiger partial charge is 0.234 e. The van der Waals surface area contributed by atoms with Crippen LogP contribution >= 0.6 is 34.9 Å². The molecule has 1 aromatic carbocycles. The third-order valence-corrected chi connectivity index (χ3v) is 3.99. The van der Waals surface area contributed by atoms with Crippen molar-refractivity contribution in [1.29, 1.82) is 0 Å². The number of carbonyl (C=O) groups excluding carboxylic acids is 1. The lowest BCUT2D eigenvalue weighted by Gasteiger charge is -2.07. The van der Waals surface area contributed by atoms with Gasteiger partial charge in [-0.15, -0.1) is 0 Å². The Labute approximate surface area is 117 Å². The van der Waals surface area contributed by atoms with Crippen molar-refractivity contribution < 1.29 is 4.79 Å². The van der Waals surface area contributed by atoms with Crippen molar-refractivity contribution >= 4 is 52.2 Å². The average molecular weight is 301 g/mol. The Morgan fingerprint density at radius 3 is 3.06 bits per heavy atom. The maximum absolute atomic E-state index is 11.7. The van der Waals surface area contributed by atoms with Crippen LogP contribution in [0.2, 0.25) is 5.02 Å². The van der Waals surface area contributed by atoms with Crippen LogP contribution in [0.25, 0.3) is 0 Å². The number of amides is 1. The van der Waals surface area contributed by atoms with E-state index < -0.39 is 0 Å². The van der Waals surface area contributed by atoms with Gasteiger partial charge in [0.2, 0.25) is 5.91 Å². The van der Waals surface area contributed by atoms with Crippen LogP contribution in [0.4, 0.5) is 11.4 Å². The lowest BCUT2D eigenvalue weighted by Crippen LogP contribution is -2.15. The summed E-state index contributed by atoms with van der Waals surface area (Å²) in [6, 6.07) is 4.94. The molecule has 0 aliphatic rings. The maximum Gasteiger partial charge on any atom is 0.234 e. The van der Waals surface area contributed by atoms with Gasteiger partial charge < -0.3 is 11.1 Å². The Kier molecular flexibility index (Phi) is 4.40. The molecule has 0 fully saturated rings. The fourth-order valence-electron chi connectivity index (χ4n) is 1.19. The van der Waals surface area contributed by atoms with E-state index >= 15 is 0 Å². The van der Waals surface area contributed by atoms with E-state index in [9.17, 15) is 4.79 Å². The van der Waals surface area contributed by atoms with Crippen LogP contribution in [-0.4, -0.2) is 21.0 Å². The highest BCUT2D eigenvalue weighted by Crippen LogP contribution is 2.23. The van der Waals surface area contributed by atoms with Crippen LogP contribution in [0, 0.1) is 0 Å². The van der Waals surface area contributed by atoms with Crippen molar-refractivity contribution in [3.63, 3.8) is 0 Å². The third-order valence-electron chi connectivity index (χ3n) is 1.96. The second kappa shape index (κ2) is 6.03. The third kappa shape index (κ3) is 3.59. The minimum absolute atomic E-state index is 0.149. The van der Waals surface area contributed by atoms with Crippen LogP contribution in [-0.2, 0) is 4.79 Å². The number of benzene rings is 1. The van der Waals surface area contributed by atoms with Crippen molar-refractivity contribution in [2.75, 3.05) is 16.8 Å². The van der Waals surface area contributed by atoms with Gasteiger partial charge in [0.25, 0.3) is 0 Å². The lowest BCUT2D eigenvalue weighted by atomic mass is 10.2. The predicted molar refractivity (Wildman–Crippen MR) is 75.1 cm³/mol. The lowest BCUT2D eigenvalue weighted by molar-refractivity contribution is -0.113. The largest absolute Gasteiger partial charge is 0.397 e. The van der Waals surface area contributed by atoms with Gasteiger partial charge in [0.15, 0.2) is 4.34 Å². The zero-order valence-corrected chi connectivity index (χ0v) is 11.5. The van der Waals surface area contributed by atoms with Gasteiger partial charge in [-0.1, -0.05) is 23.4 Å². The summed E-state index contributed by atoms with van der Waals surface area (Å²) in [6.07, 6.45) is 1.46. The summed E-state index contributed by atoms with van der Waals surface area (Å²) in [5.74, 6) is 0.112. The summed E-state index contributed by atoms with van der Waals surface area (Å²) in [7, 11) is 0.